The SMILES string of the molecule is CCC1(C)CNC2(CCCC2)CN1C. The first-order chi connectivity index (χ1) is 6.60. The van der Waals surface area contributed by atoms with Gasteiger partial charge in [-0.1, -0.05) is 19.8 Å². The van der Waals surface area contributed by atoms with Gasteiger partial charge in [0, 0.05) is 24.2 Å². The molecule has 0 aromatic rings. The van der Waals surface area contributed by atoms with E-state index in [1.807, 2.05) is 0 Å². The first-order valence-corrected chi connectivity index (χ1v) is 6.07. The van der Waals surface area contributed by atoms with Gasteiger partial charge in [-0.05, 0) is 33.2 Å². The molecule has 1 spiro atoms. The van der Waals surface area contributed by atoms with E-state index in [4.69, 9.17) is 0 Å². The molecule has 2 aliphatic rings. The van der Waals surface area contributed by atoms with Crippen LogP contribution in [0.1, 0.15) is 46.0 Å². The molecule has 0 bridgehead atoms. The molecule has 2 fully saturated rings. The van der Waals surface area contributed by atoms with Gasteiger partial charge in [-0.2, -0.15) is 0 Å². The summed E-state index contributed by atoms with van der Waals surface area (Å²) in [6, 6.07) is 0. The molecule has 0 radical (unpaired) electrons. The summed E-state index contributed by atoms with van der Waals surface area (Å²) in [4.78, 5) is 2.58. The predicted octanol–water partition coefficient (Wildman–Crippen LogP) is 2.00. The third-order valence-electron chi connectivity index (χ3n) is 4.63. The first-order valence-electron chi connectivity index (χ1n) is 6.07. The van der Waals surface area contributed by atoms with Crippen LogP contribution in [0.15, 0.2) is 0 Å². The molecule has 1 aliphatic carbocycles. The van der Waals surface area contributed by atoms with E-state index in [1.54, 1.807) is 0 Å². The first kappa shape index (κ1) is 10.4. The van der Waals surface area contributed by atoms with Crippen LogP contribution in [0.2, 0.25) is 0 Å². The minimum atomic E-state index is 0.383. The van der Waals surface area contributed by atoms with Crippen LogP contribution in [0, 0.1) is 0 Å². The fourth-order valence-electron chi connectivity index (χ4n) is 3.00. The second-order valence-electron chi connectivity index (χ2n) is 5.55. The molecule has 2 heteroatoms. The summed E-state index contributed by atoms with van der Waals surface area (Å²) in [7, 11) is 2.30. The molecule has 1 heterocycles. The summed E-state index contributed by atoms with van der Waals surface area (Å²) in [5.74, 6) is 0. The van der Waals surface area contributed by atoms with E-state index >= 15 is 0 Å². The fourth-order valence-corrected chi connectivity index (χ4v) is 3.00. The Kier molecular flexibility index (Phi) is 2.61. The molecule has 0 aromatic carbocycles. The summed E-state index contributed by atoms with van der Waals surface area (Å²) in [6.45, 7) is 7.09. The molecule has 2 rings (SSSR count). The van der Waals surface area contributed by atoms with Crippen molar-refractivity contribution in [2.75, 3.05) is 20.1 Å². The van der Waals surface area contributed by atoms with Gasteiger partial charge in [0.05, 0.1) is 0 Å². The molecule has 1 saturated carbocycles. The monoisotopic (exact) mass is 196 g/mol. The van der Waals surface area contributed by atoms with E-state index in [2.05, 4.69) is 31.1 Å². The van der Waals surface area contributed by atoms with E-state index in [-0.39, 0.29) is 0 Å². The third-order valence-corrected chi connectivity index (χ3v) is 4.63. The number of hydrogen-bond donors (Lipinski definition) is 1. The van der Waals surface area contributed by atoms with Crippen molar-refractivity contribution in [1.29, 1.82) is 0 Å². The second-order valence-corrected chi connectivity index (χ2v) is 5.55. The Balaban J connectivity index is 2.05. The Morgan fingerprint density at radius 3 is 2.43 bits per heavy atom. The lowest BCUT2D eigenvalue weighted by atomic mass is 9.86. The summed E-state index contributed by atoms with van der Waals surface area (Å²) in [5.41, 5.74) is 0.858. The predicted molar refractivity (Wildman–Crippen MR) is 60.5 cm³/mol. The van der Waals surface area contributed by atoms with Gasteiger partial charge in [0.15, 0.2) is 0 Å². The lowest BCUT2D eigenvalue weighted by Crippen LogP contribution is -2.66. The molecule has 14 heavy (non-hydrogen) atoms. The van der Waals surface area contributed by atoms with E-state index in [9.17, 15) is 0 Å². The highest BCUT2D eigenvalue weighted by Crippen LogP contribution is 2.35. The van der Waals surface area contributed by atoms with Gasteiger partial charge in [-0.15, -0.1) is 0 Å². The van der Waals surface area contributed by atoms with Crippen LogP contribution in [0.5, 0.6) is 0 Å². The molecule has 1 atom stereocenters. The van der Waals surface area contributed by atoms with Crippen LogP contribution in [0.4, 0.5) is 0 Å². The number of nitrogens with one attached hydrogen (secondary N) is 1. The quantitative estimate of drug-likeness (QED) is 0.690. The zero-order valence-electron chi connectivity index (χ0n) is 9.90. The highest BCUT2D eigenvalue weighted by atomic mass is 15.3. The van der Waals surface area contributed by atoms with E-state index < -0.39 is 0 Å². The van der Waals surface area contributed by atoms with Crippen molar-refractivity contribution in [3.8, 4) is 0 Å². The van der Waals surface area contributed by atoms with Crippen molar-refractivity contribution < 1.29 is 0 Å². The third kappa shape index (κ3) is 1.59. The van der Waals surface area contributed by atoms with Crippen molar-refractivity contribution >= 4 is 0 Å². The van der Waals surface area contributed by atoms with E-state index in [1.165, 1.54) is 45.2 Å². The minimum Gasteiger partial charge on any atom is -0.308 e. The second kappa shape index (κ2) is 3.49. The summed E-state index contributed by atoms with van der Waals surface area (Å²) in [5, 5.41) is 3.82. The molecular formula is C12H24N2. The van der Waals surface area contributed by atoms with Gasteiger partial charge in [0.25, 0.3) is 0 Å². The van der Waals surface area contributed by atoms with Crippen molar-refractivity contribution in [2.24, 2.45) is 0 Å². The van der Waals surface area contributed by atoms with Gasteiger partial charge >= 0.3 is 0 Å². The molecule has 1 unspecified atom stereocenters. The van der Waals surface area contributed by atoms with Crippen LogP contribution >= 0.6 is 0 Å². The zero-order valence-corrected chi connectivity index (χ0v) is 9.90. The molecule has 1 N–H and O–H groups in total. The number of rotatable bonds is 1. The minimum absolute atomic E-state index is 0.383. The van der Waals surface area contributed by atoms with Crippen molar-refractivity contribution in [3.05, 3.63) is 0 Å². The highest BCUT2D eigenvalue weighted by molar-refractivity contribution is 5.04. The summed E-state index contributed by atoms with van der Waals surface area (Å²) >= 11 is 0. The number of likely N-dealkylation sites (N-methyl/N-ethyl adjacent to an activating group) is 1. The molecule has 1 aliphatic heterocycles. The molecule has 1 saturated heterocycles. The Bertz CT molecular complexity index is 208. The molecule has 0 amide bonds. The normalized spacial score (nSPS) is 37.9. The zero-order chi connectivity index (χ0) is 10.2. The van der Waals surface area contributed by atoms with Crippen molar-refractivity contribution in [3.63, 3.8) is 0 Å². The molecular weight excluding hydrogens is 172 g/mol. The average Bonchev–Trinajstić information content (AvgIpc) is 2.62. The topological polar surface area (TPSA) is 15.3 Å². The van der Waals surface area contributed by atoms with Crippen LogP contribution in [0.3, 0.4) is 0 Å². The summed E-state index contributed by atoms with van der Waals surface area (Å²) < 4.78 is 0. The Morgan fingerprint density at radius 2 is 1.93 bits per heavy atom. The highest BCUT2D eigenvalue weighted by Gasteiger charge is 2.43. The smallest absolute Gasteiger partial charge is 0.0309 e. The van der Waals surface area contributed by atoms with Crippen LogP contribution in [-0.2, 0) is 0 Å². The van der Waals surface area contributed by atoms with E-state index in [0.717, 1.165) is 0 Å². The lowest BCUT2D eigenvalue weighted by Gasteiger charge is -2.50. The Hall–Kier alpha value is -0.0800. The van der Waals surface area contributed by atoms with Crippen LogP contribution in [0.25, 0.3) is 0 Å². The average molecular weight is 196 g/mol. The Morgan fingerprint density at radius 1 is 1.29 bits per heavy atom. The largest absolute Gasteiger partial charge is 0.308 e. The van der Waals surface area contributed by atoms with Crippen LogP contribution < -0.4 is 5.32 Å². The van der Waals surface area contributed by atoms with Gasteiger partial charge in [-0.25, -0.2) is 0 Å². The summed E-state index contributed by atoms with van der Waals surface area (Å²) in [6.07, 6.45) is 6.86. The fraction of sp³-hybridized carbons (Fsp3) is 1.00. The maximum absolute atomic E-state index is 3.82. The van der Waals surface area contributed by atoms with Crippen LogP contribution in [-0.4, -0.2) is 36.1 Å². The van der Waals surface area contributed by atoms with Gasteiger partial charge < -0.3 is 5.32 Å². The molecule has 82 valence electrons. The maximum Gasteiger partial charge on any atom is 0.0309 e. The maximum atomic E-state index is 3.82. The van der Waals surface area contributed by atoms with E-state index in [0.29, 0.717) is 11.1 Å². The van der Waals surface area contributed by atoms with Gasteiger partial charge in [0.1, 0.15) is 0 Å². The van der Waals surface area contributed by atoms with Crippen molar-refractivity contribution in [1.82, 2.24) is 10.2 Å². The van der Waals surface area contributed by atoms with Gasteiger partial charge in [0.2, 0.25) is 0 Å². The number of hydrogen-bond acceptors (Lipinski definition) is 2. The number of nitrogens with zero attached hydrogens (tertiary/aromatic N) is 1. The van der Waals surface area contributed by atoms with Crippen molar-refractivity contribution in [2.45, 2.75) is 57.0 Å². The number of piperazine rings is 1. The Labute approximate surface area is 88.1 Å². The molecule has 0 aromatic heterocycles. The molecule has 2 nitrogen and oxygen atoms in total. The lowest BCUT2D eigenvalue weighted by molar-refractivity contribution is 0.0366. The van der Waals surface area contributed by atoms with Gasteiger partial charge in [-0.3, -0.25) is 4.90 Å². The standard InChI is InChI=1S/C12H24N2/c1-4-11(2)9-13-12(10-14(11)3)7-5-6-8-12/h13H,4-10H2,1-3H3.